The predicted molar refractivity (Wildman–Crippen MR) is 108 cm³/mol. The van der Waals surface area contributed by atoms with Gasteiger partial charge in [-0.1, -0.05) is 46.4 Å². The highest BCUT2D eigenvalue weighted by atomic mass is 35.5. The van der Waals surface area contributed by atoms with Crippen LogP contribution in [0.2, 0.25) is 20.1 Å². The van der Waals surface area contributed by atoms with Gasteiger partial charge in [-0.3, -0.25) is 9.59 Å². The van der Waals surface area contributed by atoms with Crippen molar-refractivity contribution in [2.45, 2.75) is 12.8 Å². The van der Waals surface area contributed by atoms with Crippen molar-refractivity contribution in [3.8, 4) is 5.75 Å². The molecular weight excluding hydrogens is 436 g/mol. The number of carbonyl (C=O) groups is 2. The maximum atomic E-state index is 11.9. The lowest BCUT2D eigenvalue weighted by atomic mass is 10.2. The number of halogens is 4. The molecule has 0 saturated carbocycles. The molecular formula is C17H13Cl4N3O3. The molecule has 2 rings (SSSR count). The van der Waals surface area contributed by atoms with Gasteiger partial charge in [0.2, 0.25) is 11.8 Å². The molecule has 2 amide bonds. The summed E-state index contributed by atoms with van der Waals surface area (Å²) in [7, 11) is 0. The van der Waals surface area contributed by atoms with Crippen LogP contribution in [0.1, 0.15) is 18.4 Å². The summed E-state index contributed by atoms with van der Waals surface area (Å²) in [6.07, 6.45) is 1.02. The Morgan fingerprint density at radius 2 is 1.63 bits per heavy atom. The molecule has 0 aliphatic carbocycles. The van der Waals surface area contributed by atoms with E-state index in [-0.39, 0.29) is 29.2 Å². The van der Waals surface area contributed by atoms with Crippen LogP contribution in [0.25, 0.3) is 0 Å². The smallest absolute Gasteiger partial charge is 0.240 e. The molecule has 0 aromatic heterocycles. The topological polar surface area (TPSA) is 90.8 Å². The number of anilines is 1. The minimum atomic E-state index is -0.490. The first-order valence-corrected chi connectivity index (χ1v) is 9.02. The molecule has 3 N–H and O–H groups in total. The lowest BCUT2D eigenvalue weighted by molar-refractivity contribution is -0.124. The number of carbonyl (C=O) groups excluding carboxylic acids is 2. The lowest BCUT2D eigenvalue weighted by Gasteiger charge is -2.07. The fourth-order valence-corrected chi connectivity index (χ4v) is 2.91. The third kappa shape index (κ3) is 6.59. The van der Waals surface area contributed by atoms with Crippen LogP contribution in [-0.2, 0) is 9.59 Å². The molecule has 0 heterocycles. The first-order chi connectivity index (χ1) is 12.8. The second kappa shape index (κ2) is 9.80. The third-order valence-corrected chi connectivity index (χ3v) is 4.29. The van der Waals surface area contributed by atoms with Crippen molar-refractivity contribution in [2.24, 2.45) is 5.10 Å². The van der Waals surface area contributed by atoms with Gasteiger partial charge in [-0.15, -0.1) is 0 Å². The normalized spacial score (nSPS) is 10.8. The van der Waals surface area contributed by atoms with Gasteiger partial charge in [0.25, 0.3) is 0 Å². The zero-order valence-electron chi connectivity index (χ0n) is 13.6. The Morgan fingerprint density at radius 1 is 0.963 bits per heavy atom. The molecule has 2 aromatic carbocycles. The van der Waals surface area contributed by atoms with E-state index in [1.807, 2.05) is 0 Å². The van der Waals surface area contributed by atoms with Crippen LogP contribution < -0.4 is 10.7 Å². The Morgan fingerprint density at radius 3 is 2.33 bits per heavy atom. The van der Waals surface area contributed by atoms with Crippen molar-refractivity contribution in [3.05, 3.63) is 56.0 Å². The number of nitrogens with zero attached hydrogens (tertiary/aromatic N) is 1. The van der Waals surface area contributed by atoms with Crippen molar-refractivity contribution >= 4 is 70.1 Å². The van der Waals surface area contributed by atoms with Crippen molar-refractivity contribution in [1.82, 2.24) is 5.43 Å². The number of phenolic OH excluding ortho intramolecular Hbond substituents is 1. The number of phenols is 1. The van der Waals surface area contributed by atoms with E-state index in [4.69, 9.17) is 46.4 Å². The molecule has 6 nitrogen and oxygen atoms in total. The second-order valence-corrected chi connectivity index (χ2v) is 6.98. The van der Waals surface area contributed by atoms with Gasteiger partial charge in [0.1, 0.15) is 5.75 Å². The quantitative estimate of drug-likeness (QED) is 0.434. The van der Waals surface area contributed by atoms with E-state index in [0.717, 1.165) is 0 Å². The number of benzene rings is 2. The number of nitrogens with one attached hydrogen (secondary N) is 2. The standard InChI is InChI=1S/C17H13Cl4N3O3/c18-10-1-2-14(12(20)6-10)23-15(25)3-4-16(26)24-22-8-9-5-11(19)7-13(21)17(9)27/h1-2,5-8,27H,3-4H2,(H,23,25)(H,24,26)/b22-8+. The van der Waals surface area contributed by atoms with Crippen molar-refractivity contribution in [1.29, 1.82) is 0 Å². The van der Waals surface area contributed by atoms with Crippen molar-refractivity contribution in [3.63, 3.8) is 0 Å². The van der Waals surface area contributed by atoms with Crippen LogP contribution in [0.5, 0.6) is 5.75 Å². The number of hydrogen-bond donors (Lipinski definition) is 3. The summed E-state index contributed by atoms with van der Waals surface area (Å²) < 4.78 is 0. The van der Waals surface area contributed by atoms with E-state index in [0.29, 0.717) is 20.8 Å². The monoisotopic (exact) mass is 447 g/mol. The van der Waals surface area contributed by atoms with E-state index < -0.39 is 11.8 Å². The van der Waals surface area contributed by atoms with E-state index in [9.17, 15) is 14.7 Å². The Labute approximate surface area is 175 Å². The van der Waals surface area contributed by atoms with Crippen molar-refractivity contribution < 1.29 is 14.7 Å². The number of rotatable bonds is 6. The summed E-state index contributed by atoms with van der Waals surface area (Å²) in [5.41, 5.74) is 2.88. The molecule has 0 radical (unpaired) electrons. The van der Waals surface area contributed by atoms with Crippen LogP contribution in [0.15, 0.2) is 35.4 Å². The summed E-state index contributed by atoms with van der Waals surface area (Å²) in [6.45, 7) is 0. The zero-order chi connectivity index (χ0) is 20.0. The molecule has 10 heteroatoms. The molecule has 0 fully saturated rings. The maximum absolute atomic E-state index is 11.9. The van der Waals surface area contributed by atoms with Crippen LogP contribution in [0.4, 0.5) is 5.69 Å². The fraction of sp³-hybridized carbons (Fsp3) is 0.118. The van der Waals surface area contributed by atoms with E-state index >= 15 is 0 Å². The summed E-state index contributed by atoms with van der Waals surface area (Å²) in [5, 5.41) is 17.2. The molecule has 0 atom stereocenters. The van der Waals surface area contributed by atoms with E-state index in [1.165, 1.54) is 24.4 Å². The van der Waals surface area contributed by atoms with Crippen molar-refractivity contribution in [2.75, 3.05) is 5.32 Å². The molecule has 2 aromatic rings. The zero-order valence-corrected chi connectivity index (χ0v) is 16.6. The highest BCUT2D eigenvalue weighted by molar-refractivity contribution is 6.37. The van der Waals surface area contributed by atoms with Gasteiger partial charge in [-0.05, 0) is 30.3 Å². The Hall–Kier alpha value is -1.99. The Kier molecular flexibility index (Phi) is 7.74. The Bertz CT molecular complexity index is 903. The molecule has 0 unspecified atom stereocenters. The minimum Gasteiger partial charge on any atom is -0.506 e. The average Bonchev–Trinajstić information content (AvgIpc) is 2.59. The van der Waals surface area contributed by atoms with Gasteiger partial charge < -0.3 is 10.4 Å². The van der Waals surface area contributed by atoms with Crippen LogP contribution in [-0.4, -0.2) is 23.1 Å². The molecule has 0 aliphatic rings. The second-order valence-electron chi connectivity index (χ2n) is 5.29. The molecule has 0 spiro atoms. The summed E-state index contributed by atoms with van der Waals surface area (Å²) in [4.78, 5) is 23.6. The van der Waals surface area contributed by atoms with Gasteiger partial charge in [-0.2, -0.15) is 5.10 Å². The highest BCUT2D eigenvalue weighted by Crippen LogP contribution is 2.30. The first kappa shape index (κ1) is 21.3. The highest BCUT2D eigenvalue weighted by Gasteiger charge is 2.10. The minimum absolute atomic E-state index is 0.0628. The van der Waals surface area contributed by atoms with Gasteiger partial charge in [-0.25, -0.2) is 5.43 Å². The summed E-state index contributed by atoms with van der Waals surface area (Å²) in [5.74, 6) is -1.09. The largest absolute Gasteiger partial charge is 0.506 e. The number of hydrogen-bond acceptors (Lipinski definition) is 4. The lowest BCUT2D eigenvalue weighted by Crippen LogP contribution is -2.20. The fourth-order valence-electron chi connectivity index (χ4n) is 1.94. The molecule has 0 bridgehead atoms. The van der Waals surface area contributed by atoms with Crippen LogP contribution in [0, 0.1) is 0 Å². The predicted octanol–water partition coefficient (Wildman–Crippen LogP) is 4.87. The van der Waals surface area contributed by atoms with Gasteiger partial charge in [0.15, 0.2) is 0 Å². The molecule has 0 saturated heterocycles. The van der Waals surface area contributed by atoms with Crippen LogP contribution >= 0.6 is 46.4 Å². The molecule has 0 aliphatic heterocycles. The van der Waals surface area contributed by atoms with E-state index in [2.05, 4.69) is 15.8 Å². The third-order valence-electron chi connectivity index (χ3n) is 3.23. The molecule has 142 valence electrons. The number of amides is 2. The van der Waals surface area contributed by atoms with Gasteiger partial charge >= 0.3 is 0 Å². The van der Waals surface area contributed by atoms with Gasteiger partial charge in [0, 0.05) is 28.5 Å². The number of hydrazone groups is 1. The number of aromatic hydroxyl groups is 1. The average molecular weight is 449 g/mol. The summed E-state index contributed by atoms with van der Waals surface area (Å²) >= 11 is 23.4. The van der Waals surface area contributed by atoms with Crippen LogP contribution in [0.3, 0.4) is 0 Å². The summed E-state index contributed by atoms with van der Waals surface area (Å²) in [6, 6.07) is 7.46. The maximum Gasteiger partial charge on any atom is 0.240 e. The first-order valence-electron chi connectivity index (χ1n) is 7.51. The van der Waals surface area contributed by atoms with E-state index in [1.54, 1.807) is 12.1 Å². The Balaban J connectivity index is 1.83. The molecule has 27 heavy (non-hydrogen) atoms. The SMILES string of the molecule is O=C(CCC(=O)Nc1ccc(Cl)cc1Cl)N/N=C/c1cc(Cl)cc(Cl)c1O. The van der Waals surface area contributed by atoms with Gasteiger partial charge in [0.05, 0.1) is 21.9 Å².